The average Bonchev–Trinajstić information content (AvgIpc) is 3.90. The fraction of sp³-hybridized carbons (Fsp3) is 0. The maximum atomic E-state index is 2.77. The van der Waals surface area contributed by atoms with Gasteiger partial charge in [0.15, 0.2) is 0 Å². The monoisotopic (exact) mass is 858 g/mol. The van der Waals surface area contributed by atoms with Gasteiger partial charge in [-0.3, -0.25) is 0 Å². The van der Waals surface area contributed by atoms with E-state index in [0.717, 1.165) is 11.4 Å². The number of aromatic nitrogens is 2. The number of hydrogen-bond acceptors (Lipinski definition) is 2. The van der Waals surface area contributed by atoms with Crippen LogP contribution in [0.4, 0.5) is 34.1 Å². The zero-order valence-corrected chi connectivity index (χ0v) is 36.7. The fourth-order valence-corrected chi connectivity index (χ4v) is 13.5. The average molecular weight is 859 g/mol. The molecule has 2 aromatic heterocycles. The van der Waals surface area contributed by atoms with E-state index in [-0.39, 0.29) is 13.7 Å². The third kappa shape index (κ3) is 4.22. The van der Waals surface area contributed by atoms with E-state index >= 15 is 0 Å². The molecule has 0 aliphatic carbocycles. The lowest BCUT2D eigenvalue weighted by molar-refractivity contribution is 1.25. The van der Waals surface area contributed by atoms with Crippen molar-refractivity contribution in [3.8, 4) is 22.3 Å². The maximum Gasteiger partial charge on any atom is 0.333 e. The molecule has 0 saturated heterocycles. The highest BCUT2D eigenvalue weighted by atomic mass is 15.2. The first-order valence-corrected chi connectivity index (χ1v) is 23.8. The van der Waals surface area contributed by atoms with Crippen molar-refractivity contribution in [2.75, 3.05) is 9.80 Å². The third-order valence-corrected chi connectivity index (χ3v) is 15.9. The molecule has 0 unspecified atom stereocenters. The van der Waals surface area contributed by atoms with Crippen molar-refractivity contribution in [1.29, 1.82) is 0 Å². The quantitative estimate of drug-likeness (QED) is 0.161. The van der Waals surface area contributed by atoms with Crippen LogP contribution in [0.2, 0.25) is 0 Å². The summed E-state index contributed by atoms with van der Waals surface area (Å²) in [6, 6.07) is 82.3. The van der Waals surface area contributed by atoms with E-state index in [4.69, 9.17) is 0 Å². The van der Waals surface area contributed by atoms with E-state index in [1.807, 2.05) is 0 Å². The summed E-state index contributed by atoms with van der Waals surface area (Å²) in [5, 5.41) is 10.3. The van der Waals surface area contributed by atoms with Gasteiger partial charge in [0.05, 0.1) is 0 Å². The van der Waals surface area contributed by atoms with Crippen LogP contribution < -0.4 is 31.7 Å². The molecule has 4 aliphatic heterocycles. The standard InChI is InChI=1S/C62H36B2N4/c1-3-21-41(22-4-1)65-49-29-13-11-27-47(49)63-59-43(25-15-31-51(59)65)55-57-46-34-38-18-8-10-20-40(38)36-54(46)68-62(57)56(58-45-33-37-17-7-9-19-39(37)35-53(45)67(63)61(55)58)44-26-16-32-52-60(44)64(68)48-28-12-14-30-50(48)66(52)42-23-5-2-6-24-42/h1-36H. The Kier molecular flexibility index (Phi) is 6.57. The van der Waals surface area contributed by atoms with Gasteiger partial charge in [0.25, 0.3) is 0 Å². The first-order chi connectivity index (χ1) is 33.8. The molecule has 0 spiro atoms. The van der Waals surface area contributed by atoms with Gasteiger partial charge in [-0.05, 0) is 127 Å². The van der Waals surface area contributed by atoms with Crippen molar-refractivity contribution >= 4 is 135 Å². The Balaban J connectivity index is 1.14. The van der Waals surface area contributed by atoms with E-state index in [1.54, 1.807) is 0 Å². The maximum absolute atomic E-state index is 2.77. The molecule has 11 aromatic carbocycles. The van der Waals surface area contributed by atoms with Crippen molar-refractivity contribution in [2.45, 2.75) is 0 Å². The Bertz CT molecular complexity index is 4130. The lowest BCUT2D eigenvalue weighted by Gasteiger charge is -2.41. The largest absolute Gasteiger partial charge is 0.375 e. The molecule has 17 rings (SSSR count). The first kappa shape index (κ1) is 35.5. The fourth-order valence-electron chi connectivity index (χ4n) is 13.5. The second-order valence-corrected chi connectivity index (χ2v) is 19.1. The Morgan fingerprint density at radius 2 is 0.676 bits per heavy atom. The molecule has 4 nitrogen and oxygen atoms in total. The first-order valence-electron chi connectivity index (χ1n) is 23.8. The minimum absolute atomic E-state index is 0.0636. The SMILES string of the molecule is c1ccc(N2c3ccccc3B3c4c(cccc42)-c2c4c5cc6ccccc6cc5n5c4c(c4c6cc7ccccc7cc6n3c24)-c2cccc3c2B5c2ccccc2N3c2ccccc2)cc1. The minimum Gasteiger partial charge on any atom is -0.375 e. The van der Waals surface area contributed by atoms with Crippen LogP contribution in [0.15, 0.2) is 218 Å². The smallest absolute Gasteiger partial charge is 0.333 e. The summed E-state index contributed by atoms with van der Waals surface area (Å²) in [6.07, 6.45) is 0. The number of para-hydroxylation sites is 4. The molecule has 0 saturated carbocycles. The van der Waals surface area contributed by atoms with E-state index in [1.165, 1.54) is 132 Å². The van der Waals surface area contributed by atoms with Gasteiger partial charge in [-0.1, -0.05) is 146 Å². The molecule has 6 heteroatoms. The van der Waals surface area contributed by atoms with E-state index < -0.39 is 0 Å². The van der Waals surface area contributed by atoms with Crippen LogP contribution in [-0.4, -0.2) is 22.7 Å². The van der Waals surface area contributed by atoms with Gasteiger partial charge in [-0.15, -0.1) is 0 Å². The minimum atomic E-state index is -0.0636. The number of anilines is 6. The molecule has 0 radical (unpaired) electrons. The van der Waals surface area contributed by atoms with Crippen LogP contribution in [0.3, 0.4) is 0 Å². The number of nitrogens with zero attached hydrogens (tertiary/aromatic N) is 4. The van der Waals surface area contributed by atoms with Crippen LogP contribution in [0, 0.1) is 0 Å². The van der Waals surface area contributed by atoms with Crippen LogP contribution in [0.1, 0.15) is 0 Å². The second kappa shape index (κ2) is 12.6. The van der Waals surface area contributed by atoms with E-state index in [9.17, 15) is 0 Å². The van der Waals surface area contributed by atoms with Crippen LogP contribution in [0.5, 0.6) is 0 Å². The van der Waals surface area contributed by atoms with Crippen molar-refractivity contribution in [2.24, 2.45) is 0 Å². The van der Waals surface area contributed by atoms with Gasteiger partial charge >= 0.3 is 13.7 Å². The molecule has 0 fully saturated rings. The lowest BCUT2D eigenvalue weighted by Crippen LogP contribution is -2.57. The summed E-state index contributed by atoms with van der Waals surface area (Å²) in [4.78, 5) is 5.02. The lowest BCUT2D eigenvalue weighted by atomic mass is 9.44. The molecule has 310 valence electrons. The van der Waals surface area contributed by atoms with Crippen molar-refractivity contribution in [3.05, 3.63) is 218 Å². The predicted molar refractivity (Wildman–Crippen MR) is 289 cm³/mol. The number of benzene rings is 11. The molecule has 13 aromatic rings. The molecular formula is C62H36B2N4. The Morgan fingerprint density at radius 1 is 0.309 bits per heavy atom. The Hall–Kier alpha value is -8.73. The van der Waals surface area contributed by atoms with E-state index in [2.05, 4.69) is 237 Å². The number of rotatable bonds is 2. The van der Waals surface area contributed by atoms with Gasteiger partial charge in [0, 0.05) is 88.9 Å². The second-order valence-electron chi connectivity index (χ2n) is 19.1. The highest BCUT2D eigenvalue weighted by molar-refractivity contribution is 6.92. The summed E-state index contributed by atoms with van der Waals surface area (Å²) < 4.78 is 5.54. The van der Waals surface area contributed by atoms with Crippen LogP contribution >= 0.6 is 0 Å². The van der Waals surface area contributed by atoms with Crippen molar-refractivity contribution in [3.63, 3.8) is 0 Å². The molecule has 0 atom stereocenters. The van der Waals surface area contributed by atoms with Gasteiger partial charge in [0.2, 0.25) is 0 Å². The highest BCUT2D eigenvalue weighted by Crippen LogP contribution is 2.56. The zero-order valence-electron chi connectivity index (χ0n) is 36.7. The van der Waals surface area contributed by atoms with Crippen LogP contribution in [-0.2, 0) is 0 Å². The number of fused-ring (bicyclic) bond motifs is 18. The third-order valence-electron chi connectivity index (χ3n) is 15.9. The molecule has 0 amide bonds. The zero-order chi connectivity index (χ0) is 43.9. The summed E-state index contributed by atoms with van der Waals surface area (Å²) >= 11 is 0. The summed E-state index contributed by atoms with van der Waals surface area (Å²) in [7, 11) is 0. The molecule has 0 N–H and O–H groups in total. The molecule has 68 heavy (non-hydrogen) atoms. The van der Waals surface area contributed by atoms with Crippen molar-refractivity contribution in [1.82, 2.24) is 8.96 Å². The Labute approximate surface area is 392 Å². The highest BCUT2D eigenvalue weighted by Gasteiger charge is 2.48. The molecule has 6 heterocycles. The van der Waals surface area contributed by atoms with Gasteiger partial charge < -0.3 is 18.8 Å². The normalized spacial score (nSPS) is 13.8. The predicted octanol–water partition coefficient (Wildman–Crippen LogP) is 13.0. The molecule has 4 aliphatic rings. The Morgan fingerprint density at radius 3 is 1.12 bits per heavy atom. The molecule has 0 bridgehead atoms. The summed E-state index contributed by atoms with van der Waals surface area (Å²) in [5.41, 5.74) is 23.0. The van der Waals surface area contributed by atoms with Crippen LogP contribution in [0.25, 0.3) is 87.4 Å². The van der Waals surface area contributed by atoms with Gasteiger partial charge in [-0.25, -0.2) is 0 Å². The van der Waals surface area contributed by atoms with Crippen molar-refractivity contribution < 1.29 is 0 Å². The summed E-state index contributed by atoms with van der Waals surface area (Å²) in [6.45, 7) is -0.127. The van der Waals surface area contributed by atoms with E-state index in [0.29, 0.717) is 0 Å². The summed E-state index contributed by atoms with van der Waals surface area (Å²) in [5.74, 6) is 0. The number of hydrogen-bond donors (Lipinski definition) is 0. The van der Waals surface area contributed by atoms with Gasteiger partial charge in [-0.2, -0.15) is 0 Å². The molecular weight excluding hydrogens is 822 g/mol. The topological polar surface area (TPSA) is 16.3 Å². The van der Waals surface area contributed by atoms with Gasteiger partial charge in [0.1, 0.15) is 0 Å².